The van der Waals surface area contributed by atoms with Crippen molar-refractivity contribution in [3.8, 4) is 23.3 Å². The average molecular weight is 534 g/mol. The molecule has 3 aromatic carbocycles. The second-order valence-corrected chi connectivity index (χ2v) is 10.6. The summed E-state index contributed by atoms with van der Waals surface area (Å²) in [7, 11) is 0.00147. The summed E-state index contributed by atoms with van der Waals surface area (Å²) < 4.78 is 40.1. The van der Waals surface area contributed by atoms with Gasteiger partial charge in [0.1, 0.15) is 35.0 Å². The van der Waals surface area contributed by atoms with Crippen molar-refractivity contribution in [1.82, 2.24) is 4.90 Å². The summed E-state index contributed by atoms with van der Waals surface area (Å²) in [5.41, 5.74) is 0.509. The summed E-state index contributed by atoms with van der Waals surface area (Å²) in [5, 5.41) is 9.93. The molecule has 2 atom stereocenters. The molecule has 0 aliphatic rings. The van der Waals surface area contributed by atoms with Crippen LogP contribution in [0.4, 0.5) is 5.69 Å². The number of anilines is 1. The van der Waals surface area contributed by atoms with E-state index in [0.29, 0.717) is 22.2 Å². The van der Waals surface area contributed by atoms with Gasteiger partial charge in [-0.2, -0.15) is 5.26 Å². The minimum atomic E-state index is -3.90. The molecule has 0 saturated heterocycles. The minimum Gasteiger partial charge on any atom is -0.487 e. The molecule has 0 amide bonds. The molecule has 0 aromatic heterocycles. The molecule has 10 heteroatoms. The fraction of sp³-hybridized carbons (Fsp3) is 0.240. The van der Waals surface area contributed by atoms with Gasteiger partial charge >= 0.3 is 0 Å². The Labute approximate surface area is 215 Å². The number of nitrogens with one attached hydrogen (secondary N) is 1. The van der Waals surface area contributed by atoms with Crippen molar-refractivity contribution < 1.29 is 17.9 Å². The molecule has 35 heavy (non-hydrogen) atoms. The van der Waals surface area contributed by atoms with Gasteiger partial charge in [-0.05, 0) is 76.5 Å². The number of benzene rings is 3. The number of hydrogen-bond donors (Lipinski definition) is 1. The fourth-order valence-corrected chi connectivity index (χ4v) is 4.52. The number of nitrogens with zero attached hydrogens (tertiary/aromatic N) is 2. The average Bonchev–Trinajstić information content (AvgIpc) is 2.81. The van der Waals surface area contributed by atoms with Crippen LogP contribution >= 0.6 is 23.2 Å². The first-order valence-electron chi connectivity index (χ1n) is 10.6. The second-order valence-electron chi connectivity index (χ2n) is 8.08. The van der Waals surface area contributed by atoms with Gasteiger partial charge in [0.2, 0.25) is 0 Å². The van der Waals surface area contributed by atoms with E-state index in [1.54, 1.807) is 36.4 Å². The molecule has 0 saturated carbocycles. The molecule has 1 unspecified atom stereocenters. The molecule has 3 aromatic rings. The summed E-state index contributed by atoms with van der Waals surface area (Å²) in [5.74, 6) is 1.01. The molecule has 0 bridgehead atoms. The van der Waals surface area contributed by atoms with Gasteiger partial charge in [-0.1, -0.05) is 29.3 Å². The predicted molar refractivity (Wildman–Crippen MR) is 138 cm³/mol. The van der Waals surface area contributed by atoms with Crippen LogP contribution in [0.3, 0.4) is 0 Å². The van der Waals surface area contributed by atoms with Crippen molar-refractivity contribution in [2.24, 2.45) is 0 Å². The predicted octanol–water partition coefficient (Wildman–Crippen LogP) is 6.18. The number of sulfonamides is 1. The molecular formula is C25H25Cl2N3O4S. The van der Waals surface area contributed by atoms with E-state index in [4.69, 9.17) is 32.7 Å². The minimum absolute atomic E-state index is 0.0310. The topological polar surface area (TPSA) is 91.7 Å². The van der Waals surface area contributed by atoms with Crippen LogP contribution in [0.15, 0.2) is 65.6 Å². The Morgan fingerprint density at radius 2 is 1.66 bits per heavy atom. The molecule has 0 aliphatic heterocycles. The normalized spacial score (nSPS) is 13.1. The van der Waals surface area contributed by atoms with Crippen molar-refractivity contribution in [3.63, 3.8) is 0 Å². The summed E-state index contributed by atoms with van der Waals surface area (Å²) in [6.07, 6.45) is -0.178. The molecule has 0 fully saturated rings. The molecule has 0 radical (unpaired) electrons. The Kier molecular flexibility index (Phi) is 8.51. The van der Waals surface area contributed by atoms with Crippen molar-refractivity contribution in [1.29, 1.82) is 5.26 Å². The zero-order valence-electron chi connectivity index (χ0n) is 19.6. The number of ether oxygens (including phenoxy) is 2. The largest absolute Gasteiger partial charge is 0.487 e. The maximum atomic E-state index is 12.9. The Hall–Kier alpha value is -2.96. The third-order valence-corrected chi connectivity index (χ3v) is 7.46. The number of likely N-dealkylation sites (N-methyl/N-ethyl adjacent to an activating group) is 1. The van der Waals surface area contributed by atoms with Gasteiger partial charge in [0.25, 0.3) is 10.0 Å². The highest BCUT2D eigenvalue weighted by Crippen LogP contribution is 2.32. The van der Waals surface area contributed by atoms with Crippen LogP contribution in [0, 0.1) is 11.3 Å². The van der Waals surface area contributed by atoms with Crippen molar-refractivity contribution in [2.45, 2.75) is 30.9 Å². The van der Waals surface area contributed by atoms with E-state index in [1.165, 1.54) is 24.3 Å². The third-order valence-electron chi connectivity index (χ3n) is 5.44. The van der Waals surface area contributed by atoms with E-state index in [1.807, 2.05) is 38.9 Å². The van der Waals surface area contributed by atoms with Crippen LogP contribution in [-0.2, 0) is 10.0 Å². The van der Waals surface area contributed by atoms with E-state index in [2.05, 4.69) is 4.72 Å². The van der Waals surface area contributed by atoms with Gasteiger partial charge in [-0.3, -0.25) is 4.72 Å². The SMILES string of the molecule is CC(Oc1cc(NS(=O)(=O)c2ccc(Oc3cccc(Cl)c3C#N)cc2)ccc1Cl)[C@H](C)N(C)C. The summed E-state index contributed by atoms with van der Waals surface area (Å²) >= 11 is 12.3. The number of hydrogen-bond acceptors (Lipinski definition) is 6. The zero-order chi connectivity index (χ0) is 25.8. The third kappa shape index (κ3) is 6.59. The number of rotatable bonds is 9. The lowest BCUT2D eigenvalue weighted by Gasteiger charge is -2.27. The van der Waals surface area contributed by atoms with E-state index >= 15 is 0 Å². The molecule has 1 N–H and O–H groups in total. The maximum Gasteiger partial charge on any atom is 0.261 e. The Morgan fingerprint density at radius 1 is 0.971 bits per heavy atom. The summed E-state index contributed by atoms with van der Waals surface area (Å²) in [4.78, 5) is 2.05. The van der Waals surface area contributed by atoms with E-state index in [0.717, 1.165) is 0 Å². The van der Waals surface area contributed by atoms with Crippen LogP contribution in [0.1, 0.15) is 19.4 Å². The first kappa shape index (κ1) is 26.6. The quantitative estimate of drug-likeness (QED) is 0.353. The monoisotopic (exact) mass is 533 g/mol. The number of halogens is 2. The molecule has 0 aliphatic carbocycles. The van der Waals surface area contributed by atoms with Crippen molar-refractivity contribution >= 4 is 38.9 Å². The first-order chi connectivity index (χ1) is 16.5. The summed E-state index contributed by atoms with van der Waals surface area (Å²) in [6, 6.07) is 17.5. The lowest BCUT2D eigenvalue weighted by atomic mass is 10.2. The molecule has 3 rings (SSSR count). The van der Waals surface area contributed by atoms with Gasteiger partial charge in [-0.15, -0.1) is 0 Å². The van der Waals surface area contributed by atoms with Gasteiger partial charge in [0.05, 0.1) is 20.6 Å². The first-order valence-corrected chi connectivity index (χ1v) is 12.9. The van der Waals surface area contributed by atoms with E-state index in [9.17, 15) is 13.7 Å². The van der Waals surface area contributed by atoms with E-state index in [-0.39, 0.29) is 33.4 Å². The van der Waals surface area contributed by atoms with Gasteiger partial charge in [0, 0.05) is 12.1 Å². The second kappa shape index (κ2) is 11.2. The highest BCUT2D eigenvalue weighted by atomic mass is 35.5. The van der Waals surface area contributed by atoms with Crippen LogP contribution in [-0.4, -0.2) is 39.6 Å². The van der Waals surface area contributed by atoms with Crippen LogP contribution in [0.2, 0.25) is 10.0 Å². The molecule has 7 nitrogen and oxygen atoms in total. The van der Waals surface area contributed by atoms with Crippen LogP contribution < -0.4 is 14.2 Å². The lowest BCUT2D eigenvalue weighted by molar-refractivity contribution is 0.122. The van der Waals surface area contributed by atoms with Crippen LogP contribution in [0.25, 0.3) is 0 Å². The van der Waals surface area contributed by atoms with Gasteiger partial charge in [0.15, 0.2) is 0 Å². The van der Waals surface area contributed by atoms with Crippen molar-refractivity contribution in [2.75, 3.05) is 18.8 Å². The van der Waals surface area contributed by atoms with Gasteiger partial charge < -0.3 is 14.4 Å². The fourth-order valence-electron chi connectivity index (χ4n) is 3.10. The maximum absolute atomic E-state index is 12.9. The molecule has 0 heterocycles. The van der Waals surface area contributed by atoms with E-state index < -0.39 is 10.0 Å². The number of nitriles is 1. The lowest BCUT2D eigenvalue weighted by Crippen LogP contribution is -2.38. The Balaban J connectivity index is 1.76. The van der Waals surface area contributed by atoms with Crippen LogP contribution in [0.5, 0.6) is 17.2 Å². The Bertz CT molecular complexity index is 1340. The molecule has 184 valence electrons. The smallest absolute Gasteiger partial charge is 0.261 e. The standard InChI is InChI=1S/C25H25Cl2N3O4S/c1-16(30(3)4)17(2)33-25-14-18(8-13-23(25)27)29-35(31,32)20-11-9-19(10-12-20)34-24-7-5-6-22(26)21(24)15-28/h5-14,16-17,29H,1-4H3/t16-,17?/m0/s1. The molecule has 0 spiro atoms. The Morgan fingerprint density at radius 3 is 2.29 bits per heavy atom. The molecular weight excluding hydrogens is 509 g/mol. The zero-order valence-corrected chi connectivity index (χ0v) is 21.9. The van der Waals surface area contributed by atoms with Crippen molar-refractivity contribution in [3.05, 3.63) is 76.3 Å². The highest BCUT2D eigenvalue weighted by molar-refractivity contribution is 7.92. The highest BCUT2D eigenvalue weighted by Gasteiger charge is 2.19. The summed E-state index contributed by atoms with van der Waals surface area (Å²) in [6.45, 7) is 3.94. The van der Waals surface area contributed by atoms with Gasteiger partial charge in [-0.25, -0.2) is 8.42 Å².